The lowest BCUT2D eigenvalue weighted by Crippen LogP contribution is -2.29. The Hall–Kier alpha value is -0.980. The third-order valence-corrected chi connectivity index (χ3v) is 3.76. The normalized spacial score (nSPS) is 12.0. The number of hydrogen-bond donors (Lipinski definition) is 2. The second kappa shape index (κ2) is 6.82. The van der Waals surface area contributed by atoms with Crippen molar-refractivity contribution >= 4 is 10.0 Å². The van der Waals surface area contributed by atoms with Gasteiger partial charge in [0.2, 0.25) is 10.0 Å². The third kappa shape index (κ3) is 5.12. The largest absolute Gasteiger partial charge is 0.314 e. The maximum atomic E-state index is 12.9. The lowest BCUT2D eigenvalue weighted by Gasteiger charge is -2.09. The number of nitrogens with one attached hydrogen (secondary N) is 2. The van der Waals surface area contributed by atoms with E-state index >= 15 is 0 Å². The molecule has 0 spiro atoms. The van der Waals surface area contributed by atoms with Crippen LogP contribution in [-0.4, -0.2) is 27.5 Å². The average molecular weight is 274 g/mol. The summed E-state index contributed by atoms with van der Waals surface area (Å²) in [6.45, 7) is 5.12. The fourth-order valence-corrected chi connectivity index (χ4v) is 2.51. The zero-order chi connectivity index (χ0) is 13.6. The smallest absolute Gasteiger partial charge is 0.240 e. The molecule has 0 atom stereocenters. The van der Waals surface area contributed by atoms with Crippen LogP contribution >= 0.6 is 0 Å². The first-order chi connectivity index (χ1) is 8.42. The highest BCUT2D eigenvalue weighted by molar-refractivity contribution is 7.89. The van der Waals surface area contributed by atoms with Gasteiger partial charge >= 0.3 is 0 Å². The Bertz CT molecular complexity index is 475. The quantitative estimate of drug-likeness (QED) is 0.741. The Morgan fingerprint density at radius 3 is 2.61 bits per heavy atom. The molecule has 0 aromatic heterocycles. The summed E-state index contributed by atoms with van der Waals surface area (Å²) in [6, 6.07) is 5.35. The van der Waals surface area contributed by atoms with Gasteiger partial charge in [0.1, 0.15) is 5.82 Å². The highest BCUT2D eigenvalue weighted by Gasteiger charge is 2.13. The van der Waals surface area contributed by atoms with Gasteiger partial charge in [-0.1, -0.05) is 19.9 Å². The summed E-state index contributed by atoms with van der Waals surface area (Å²) in [7, 11) is -3.60. The minimum Gasteiger partial charge on any atom is -0.314 e. The molecule has 0 heterocycles. The lowest BCUT2D eigenvalue weighted by atomic mass is 10.3. The van der Waals surface area contributed by atoms with Crippen LogP contribution < -0.4 is 10.0 Å². The molecular weight excluding hydrogens is 255 g/mol. The van der Waals surface area contributed by atoms with Gasteiger partial charge < -0.3 is 5.32 Å². The van der Waals surface area contributed by atoms with Crippen molar-refractivity contribution in [2.75, 3.05) is 13.1 Å². The van der Waals surface area contributed by atoms with Crippen LogP contribution in [0.1, 0.15) is 20.3 Å². The molecule has 0 aliphatic carbocycles. The highest BCUT2D eigenvalue weighted by Crippen LogP contribution is 2.09. The van der Waals surface area contributed by atoms with Crippen molar-refractivity contribution in [3.8, 4) is 0 Å². The molecule has 0 aliphatic rings. The van der Waals surface area contributed by atoms with Gasteiger partial charge in [0.25, 0.3) is 0 Å². The Labute approximate surface area is 108 Å². The molecule has 0 bridgehead atoms. The first kappa shape index (κ1) is 15.1. The van der Waals surface area contributed by atoms with E-state index in [1.807, 2.05) is 13.8 Å². The molecule has 0 unspecified atom stereocenters. The van der Waals surface area contributed by atoms with Gasteiger partial charge in [-0.15, -0.1) is 0 Å². The number of halogens is 1. The molecule has 0 saturated carbocycles. The maximum Gasteiger partial charge on any atom is 0.240 e. The summed E-state index contributed by atoms with van der Waals surface area (Å²) in [4.78, 5) is -0.0423. The molecule has 2 N–H and O–H groups in total. The van der Waals surface area contributed by atoms with Crippen molar-refractivity contribution in [3.63, 3.8) is 0 Å². The molecule has 6 heteroatoms. The molecule has 0 saturated heterocycles. The maximum absolute atomic E-state index is 12.9. The van der Waals surface area contributed by atoms with Gasteiger partial charge in [-0.25, -0.2) is 17.5 Å². The zero-order valence-corrected chi connectivity index (χ0v) is 11.4. The van der Waals surface area contributed by atoms with E-state index in [9.17, 15) is 12.8 Å². The van der Waals surface area contributed by atoms with Crippen molar-refractivity contribution in [3.05, 3.63) is 30.1 Å². The summed E-state index contributed by atoms with van der Waals surface area (Å²) in [5.74, 6) is -0.556. The summed E-state index contributed by atoms with van der Waals surface area (Å²) in [5, 5.41) is 3.19. The van der Waals surface area contributed by atoms with Gasteiger partial charge in [0, 0.05) is 12.6 Å². The van der Waals surface area contributed by atoms with Gasteiger partial charge in [0.15, 0.2) is 0 Å². The van der Waals surface area contributed by atoms with Crippen LogP contribution in [0, 0.1) is 5.82 Å². The van der Waals surface area contributed by atoms with Crippen LogP contribution in [0.25, 0.3) is 0 Å². The minimum atomic E-state index is -3.60. The topological polar surface area (TPSA) is 58.2 Å². The van der Waals surface area contributed by atoms with E-state index in [1.165, 1.54) is 18.2 Å². The van der Waals surface area contributed by atoms with Crippen LogP contribution in [-0.2, 0) is 10.0 Å². The number of hydrogen-bond acceptors (Lipinski definition) is 3. The lowest BCUT2D eigenvalue weighted by molar-refractivity contribution is 0.553. The molecule has 0 amide bonds. The van der Waals surface area contributed by atoms with Crippen LogP contribution in [0.4, 0.5) is 4.39 Å². The van der Waals surface area contributed by atoms with Crippen molar-refractivity contribution in [1.29, 1.82) is 0 Å². The molecule has 0 fully saturated rings. The second-order valence-electron chi connectivity index (χ2n) is 4.32. The Kier molecular flexibility index (Phi) is 5.71. The Balaban J connectivity index is 2.46. The zero-order valence-electron chi connectivity index (χ0n) is 10.6. The molecule has 1 aromatic carbocycles. The van der Waals surface area contributed by atoms with E-state index in [-0.39, 0.29) is 4.90 Å². The molecule has 18 heavy (non-hydrogen) atoms. The summed E-state index contributed by atoms with van der Waals surface area (Å²) in [5.41, 5.74) is 0. The van der Waals surface area contributed by atoms with E-state index in [2.05, 4.69) is 10.0 Å². The number of benzene rings is 1. The standard InChI is InChI=1S/C12H19FN2O2S/c1-10(2)14-7-4-8-15-18(16,17)12-6-3-5-11(13)9-12/h3,5-6,9-10,14-15H,4,7-8H2,1-2H3. The van der Waals surface area contributed by atoms with E-state index in [0.717, 1.165) is 12.6 Å². The highest BCUT2D eigenvalue weighted by atomic mass is 32.2. The van der Waals surface area contributed by atoms with Crippen LogP contribution in [0.15, 0.2) is 29.2 Å². The Morgan fingerprint density at radius 2 is 2.00 bits per heavy atom. The fraction of sp³-hybridized carbons (Fsp3) is 0.500. The van der Waals surface area contributed by atoms with E-state index < -0.39 is 15.8 Å². The second-order valence-corrected chi connectivity index (χ2v) is 6.08. The average Bonchev–Trinajstić information content (AvgIpc) is 2.28. The van der Waals surface area contributed by atoms with Gasteiger partial charge in [-0.2, -0.15) is 0 Å². The third-order valence-electron chi connectivity index (χ3n) is 2.30. The molecule has 1 rings (SSSR count). The monoisotopic (exact) mass is 274 g/mol. The number of sulfonamides is 1. The van der Waals surface area contributed by atoms with Crippen molar-refractivity contribution in [2.45, 2.75) is 31.2 Å². The van der Waals surface area contributed by atoms with Gasteiger partial charge in [-0.3, -0.25) is 0 Å². The number of rotatable bonds is 7. The molecular formula is C12H19FN2O2S. The summed E-state index contributed by atoms with van der Waals surface area (Å²) >= 11 is 0. The van der Waals surface area contributed by atoms with Crippen molar-refractivity contribution < 1.29 is 12.8 Å². The van der Waals surface area contributed by atoms with Crippen LogP contribution in [0.5, 0.6) is 0 Å². The summed E-state index contributed by atoms with van der Waals surface area (Å²) in [6.07, 6.45) is 0.687. The van der Waals surface area contributed by atoms with Crippen molar-refractivity contribution in [1.82, 2.24) is 10.0 Å². The van der Waals surface area contributed by atoms with Crippen molar-refractivity contribution in [2.24, 2.45) is 0 Å². The Morgan fingerprint density at radius 1 is 1.28 bits per heavy atom. The fourth-order valence-electron chi connectivity index (χ4n) is 1.40. The summed E-state index contributed by atoms with van der Waals surface area (Å²) < 4.78 is 38.9. The molecule has 0 radical (unpaired) electrons. The van der Waals surface area contributed by atoms with E-state index in [0.29, 0.717) is 19.0 Å². The molecule has 4 nitrogen and oxygen atoms in total. The predicted octanol–water partition coefficient (Wildman–Crippen LogP) is 1.49. The van der Waals surface area contributed by atoms with Crippen LogP contribution in [0.2, 0.25) is 0 Å². The molecule has 0 aliphatic heterocycles. The molecule has 1 aromatic rings. The van der Waals surface area contributed by atoms with Gasteiger partial charge in [0.05, 0.1) is 4.90 Å². The SMILES string of the molecule is CC(C)NCCCNS(=O)(=O)c1cccc(F)c1. The van der Waals surface area contributed by atoms with E-state index in [1.54, 1.807) is 0 Å². The first-order valence-electron chi connectivity index (χ1n) is 5.90. The first-order valence-corrected chi connectivity index (χ1v) is 7.39. The minimum absolute atomic E-state index is 0.0423. The van der Waals surface area contributed by atoms with E-state index in [4.69, 9.17) is 0 Å². The van der Waals surface area contributed by atoms with Gasteiger partial charge in [-0.05, 0) is 31.2 Å². The predicted molar refractivity (Wildman–Crippen MR) is 69.3 cm³/mol. The molecule has 102 valence electrons. The van der Waals surface area contributed by atoms with Crippen LogP contribution in [0.3, 0.4) is 0 Å².